The summed E-state index contributed by atoms with van der Waals surface area (Å²) in [6.07, 6.45) is 4.30. The van der Waals surface area contributed by atoms with E-state index in [-0.39, 0.29) is 6.04 Å². The largest absolute Gasteiger partial charge is 0.469 e. The summed E-state index contributed by atoms with van der Waals surface area (Å²) in [5, 5.41) is 3.41. The van der Waals surface area contributed by atoms with Crippen LogP contribution in [0.5, 0.6) is 0 Å². The van der Waals surface area contributed by atoms with Crippen LogP contribution in [0.1, 0.15) is 30.2 Å². The average Bonchev–Trinajstić information content (AvgIpc) is 2.81. The van der Waals surface area contributed by atoms with Crippen LogP contribution in [0.25, 0.3) is 0 Å². The number of nitrogens with zero attached hydrogens (tertiary/aromatic N) is 2. The Labute approximate surface area is 101 Å². The molecular formula is C13H17N3O. The fourth-order valence-electron chi connectivity index (χ4n) is 1.83. The first-order valence-electron chi connectivity index (χ1n) is 5.85. The molecule has 90 valence electrons. The Kier molecular flexibility index (Phi) is 3.88. The van der Waals surface area contributed by atoms with Crippen molar-refractivity contribution in [1.82, 2.24) is 15.3 Å². The number of rotatable bonds is 5. The van der Waals surface area contributed by atoms with Gasteiger partial charge in [0.1, 0.15) is 11.6 Å². The predicted molar refractivity (Wildman–Crippen MR) is 65.6 cm³/mol. The van der Waals surface area contributed by atoms with Gasteiger partial charge >= 0.3 is 0 Å². The van der Waals surface area contributed by atoms with Crippen LogP contribution in [0, 0.1) is 6.92 Å². The van der Waals surface area contributed by atoms with E-state index in [1.54, 1.807) is 12.5 Å². The van der Waals surface area contributed by atoms with Gasteiger partial charge in [-0.25, -0.2) is 9.97 Å². The van der Waals surface area contributed by atoms with Crippen LogP contribution in [-0.4, -0.2) is 16.5 Å². The SMILES string of the molecule is CCNC(Cc1ccco1)c1ccnc(C)n1. The molecule has 0 saturated heterocycles. The lowest BCUT2D eigenvalue weighted by atomic mass is 10.1. The van der Waals surface area contributed by atoms with Crippen molar-refractivity contribution in [1.29, 1.82) is 0 Å². The molecule has 1 atom stereocenters. The number of hydrogen-bond donors (Lipinski definition) is 1. The van der Waals surface area contributed by atoms with Crippen molar-refractivity contribution in [2.75, 3.05) is 6.54 Å². The summed E-state index contributed by atoms with van der Waals surface area (Å²) in [5.74, 6) is 1.76. The molecule has 4 nitrogen and oxygen atoms in total. The molecule has 4 heteroatoms. The Bertz CT molecular complexity index is 453. The lowest BCUT2D eigenvalue weighted by Crippen LogP contribution is -2.24. The zero-order valence-electron chi connectivity index (χ0n) is 10.2. The number of furan rings is 1. The van der Waals surface area contributed by atoms with Crippen molar-refractivity contribution < 1.29 is 4.42 Å². The van der Waals surface area contributed by atoms with Crippen LogP contribution >= 0.6 is 0 Å². The minimum absolute atomic E-state index is 0.174. The van der Waals surface area contributed by atoms with Gasteiger partial charge in [-0.1, -0.05) is 6.92 Å². The minimum atomic E-state index is 0.174. The third-order valence-electron chi connectivity index (χ3n) is 2.59. The minimum Gasteiger partial charge on any atom is -0.469 e. The van der Waals surface area contributed by atoms with Gasteiger partial charge in [-0.05, 0) is 31.7 Å². The average molecular weight is 231 g/mol. The Morgan fingerprint density at radius 1 is 1.41 bits per heavy atom. The number of hydrogen-bond acceptors (Lipinski definition) is 4. The van der Waals surface area contributed by atoms with Gasteiger partial charge in [-0.2, -0.15) is 0 Å². The smallest absolute Gasteiger partial charge is 0.125 e. The van der Waals surface area contributed by atoms with E-state index in [4.69, 9.17) is 4.42 Å². The zero-order chi connectivity index (χ0) is 12.1. The fourth-order valence-corrected chi connectivity index (χ4v) is 1.83. The second kappa shape index (κ2) is 5.59. The van der Waals surface area contributed by atoms with E-state index in [9.17, 15) is 0 Å². The van der Waals surface area contributed by atoms with E-state index in [0.717, 1.165) is 30.2 Å². The summed E-state index contributed by atoms with van der Waals surface area (Å²) in [6.45, 7) is 4.89. The second-order valence-electron chi connectivity index (χ2n) is 3.92. The molecule has 0 fully saturated rings. The Balaban J connectivity index is 2.16. The molecule has 0 bridgehead atoms. The Morgan fingerprint density at radius 2 is 2.29 bits per heavy atom. The summed E-state index contributed by atoms with van der Waals surface area (Å²) >= 11 is 0. The molecule has 2 aromatic heterocycles. The number of nitrogens with one attached hydrogen (secondary N) is 1. The third-order valence-corrected chi connectivity index (χ3v) is 2.59. The van der Waals surface area contributed by atoms with Gasteiger partial charge in [0.2, 0.25) is 0 Å². The molecule has 0 aromatic carbocycles. The second-order valence-corrected chi connectivity index (χ2v) is 3.92. The standard InChI is InChI=1S/C13H17N3O/c1-3-14-13(9-11-5-4-8-17-11)12-6-7-15-10(2)16-12/h4-8,13-14H,3,9H2,1-2H3. The summed E-state index contributed by atoms with van der Waals surface area (Å²) < 4.78 is 5.38. The molecule has 2 aromatic rings. The lowest BCUT2D eigenvalue weighted by Gasteiger charge is -2.16. The maximum atomic E-state index is 5.38. The lowest BCUT2D eigenvalue weighted by molar-refractivity contribution is 0.449. The van der Waals surface area contributed by atoms with Crippen molar-refractivity contribution >= 4 is 0 Å². The molecule has 0 spiro atoms. The molecule has 17 heavy (non-hydrogen) atoms. The fraction of sp³-hybridized carbons (Fsp3) is 0.385. The highest BCUT2D eigenvalue weighted by Gasteiger charge is 2.14. The van der Waals surface area contributed by atoms with Gasteiger partial charge < -0.3 is 9.73 Å². The molecule has 2 rings (SSSR count). The van der Waals surface area contributed by atoms with Gasteiger partial charge in [0.25, 0.3) is 0 Å². The first-order chi connectivity index (χ1) is 8.29. The first-order valence-corrected chi connectivity index (χ1v) is 5.85. The molecule has 0 aliphatic rings. The van der Waals surface area contributed by atoms with E-state index in [1.165, 1.54) is 0 Å². The highest BCUT2D eigenvalue weighted by molar-refractivity contribution is 5.11. The molecule has 0 aliphatic heterocycles. The van der Waals surface area contributed by atoms with Gasteiger partial charge in [0, 0.05) is 12.6 Å². The zero-order valence-corrected chi connectivity index (χ0v) is 10.2. The van der Waals surface area contributed by atoms with Gasteiger partial charge in [0.15, 0.2) is 0 Å². The van der Waals surface area contributed by atoms with Gasteiger partial charge in [-0.15, -0.1) is 0 Å². The summed E-state index contributed by atoms with van der Waals surface area (Å²) in [5.41, 5.74) is 1.01. The molecule has 1 N–H and O–H groups in total. The van der Waals surface area contributed by atoms with Gasteiger partial charge in [0.05, 0.1) is 18.0 Å². The molecule has 2 heterocycles. The first kappa shape index (κ1) is 11.8. The van der Waals surface area contributed by atoms with Crippen LogP contribution in [-0.2, 0) is 6.42 Å². The van der Waals surface area contributed by atoms with Gasteiger partial charge in [-0.3, -0.25) is 0 Å². The number of aromatic nitrogens is 2. The normalized spacial score (nSPS) is 12.6. The van der Waals surface area contributed by atoms with E-state index in [2.05, 4.69) is 22.2 Å². The molecule has 1 unspecified atom stereocenters. The van der Waals surface area contributed by atoms with Crippen LogP contribution in [0.3, 0.4) is 0 Å². The van der Waals surface area contributed by atoms with Crippen molar-refractivity contribution in [3.63, 3.8) is 0 Å². The van der Waals surface area contributed by atoms with E-state index >= 15 is 0 Å². The van der Waals surface area contributed by atoms with E-state index < -0.39 is 0 Å². The molecule has 0 amide bonds. The maximum absolute atomic E-state index is 5.38. The number of likely N-dealkylation sites (N-methyl/N-ethyl adjacent to an activating group) is 1. The number of aryl methyl sites for hydroxylation is 1. The third kappa shape index (κ3) is 3.14. The Hall–Kier alpha value is -1.68. The van der Waals surface area contributed by atoms with Crippen LogP contribution < -0.4 is 5.32 Å². The highest BCUT2D eigenvalue weighted by atomic mass is 16.3. The van der Waals surface area contributed by atoms with E-state index in [1.807, 2.05) is 25.1 Å². The van der Waals surface area contributed by atoms with Crippen LogP contribution in [0.15, 0.2) is 35.1 Å². The summed E-state index contributed by atoms with van der Waals surface area (Å²) in [7, 11) is 0. The maximum Gasteiger partial charge on any atom is 0.125 e. The quantitative estimate of drug-likeness (QED) is 0.857. The monoisotopic (exact) mass is 231 g/mol. The van der Waals surface area contributed by atoms with Crippen LogP contribution in [0.2, 0.25) is 0 Å². The summed E-state index contributed by atoms with van der Waals surface area (Å²) in [6, 6.07) is 6.01. The van der Waals surface area contributed by atoms with Crippen molar-refractivity contribution in [3.05, 3.63) is 47.9 Å². The molecule has 0 saturated carbocycles. The van der Waals surface area contributed by atoms with Crippen LogP contribution in [0.4, 0.5) is 0 Å². The highest BCUT2D eigenvalue weighted by Crippen LogP contribution is 2.16. The topological polar surface area (TPSA) is 51.0 Å². The van der Waals surface area contributed by atoms with Crippen molar-refractivity contribution in [3.8, 4) is 0 Å². The molecule has 0 aliphatic carbocycles. The predicted octanol–water partition coefficient (Wildman–Crippen LogP) is 2.27. The van der Waals surface area contributed by atoms with Crippen molar-refractivity contribution in [2.24, 2.45) is 0 Å². The van der Waals surface area contributed by atoms with E-state index in [0.29, 0.717) is 0 Å². The van der Waals surface area contributed by atoms with Crippen molar-refractivity contribution in [2.45, 2.75) is 26.3 Å². The molecular weight excluding hydrogens is 214 g/mol. The summed E-state index contributed by atoms with van der Waals surface area (Å²) in [4.78, 5) is 8.57. The molecule has 0 radical (unpaired) electrons. The Morgan fingerprint density at radius 3 is 2.94 bits per heavy atom.